The van der Waals surface area contributed by atoms with Crippen LogP contribution in [0.2, 0.25) is 0 Å². The third-order valence-corrected chi connectivity index (χ3v) is 5.83. The van der Waals surface area contributed by atoms with E-state index >= 15 is 0 Å². The monoisotopic (exact) mass is 330 g/mol. The fraction of sp³-hybridized carbons (Fsp3) is 0.429. The lowest BCUT2D eigenvalue weighted by Crippen LogP contribution is -2.36. The second-order valence-electron chi connectivity index (χ2n) is 4.38. The number of thioether (sulfide) groups is 1. The van der Waals surface area contributed by atoms with Crippen LogP contribution in [0.5, 0.6) is 0 Å². The maximum Gasteiger partial charge on any atom is 0.215 e. The minimum atomic E-state index is -3.31. The molecule has 0 saturated carbocycles. The fourth-order valence-electron chi connectivity index (χ4n) is 1.68. The molecule has 5 nitrogen and oxygen atoms in total. The van der Waals surface area contributed by atoms with E-state index in [9.17, 15) is 8.42 Å². The number of anilines is 1. The molecule has 1 aromatic rings. The van der Waals surface area contributed by atoms with Gasteiger partial charge in [0.05, 0.1) is 12.4 Å². The van der Waals surface area contributed by atoms with Gasteiger partial charge in [0.1, 0.15) is 0 Å². The molecule has 0 aliphatic rings. The molecule has 0 aliphatic carbocycles. The normalized spacial score (nSPS) is 11.7. The first-order valence-electron chi connectivity index (χ1n) is 6.55. The molecule has 1 aromatic carbocycles. The molecular formula is C14H22N2O3S2. The highest BCUT2D eigenvalue weighted by atomic mass is 32.2. The predicted octanol–water partition coefficient (Wildman–Crippen LogP) is 1.83. The Morgan fingerprint density at radius 1 is 1.48 bits per heavy atom. The minimum absolute atomic E-state index is 0.0734. The molecule has 0 bridgehead atoms. The highest BCUT2D eigenvalue weighted by molar-refractivity contribution is 8.00. The fourth-order valence-corrected chi connectivity index (χ4v) is 4.43. The Hall–Kier alpha value is -1.02. The van der Waals surface area contributed by atoms with Gasteiger partial charge < -0.3 is 10.5 Å². The van der Waals surface area contributed by atoms with Crippen LogP contribution in [0.15, 0.2) is 41.8 Å². The van der Waals surface area contributed by atoms with Crippen molar-refractivity contribution in [1.82, 2.24) is 4.31 Å². The van der Waals surface area contributed by atoms with Crippen LogP contribution in [-0.2, 0) is 14.8 Å². The van der Waals surface area contributed by atoms with Crippen molar-refractivity contribution < 1.29 is 13.2 Å². The smallest absolute Gasteiger partial charge is 0.215 e. The SMILES string of the molecule is C=CCN(CCOC)S(=O)(=O)CCSc1cccc(N)c1. The molecule has 0 saturated heterocycles. The number of sulfonamides is 1. The van der Waals surface area contributed by atoms with E-state index in [0.717, 1.165) is 4.90 Å². The summed E-state index contributed by atoms with van der Waals surface area (Å²) >= 11 is 1.48. The maximum atomic E-state index is 12.3. The average molecular weight is 330 g/mol. The molecule has 0 atom stereocenters. The molecule has 118 valence electrons. The van der Waals surface area contributed by atoms with E-state index < -0.39 is 10.0 Å². The second-order valence-corrected chi connectivity index (χ2v) is 7.63. The predicted molar refractivity (Wildman–Crippen MR) is 89.0 cm³/mol. The standard InChI is InChI=1S/C14H22N2O3S2/c1-3-7-16(8-9-19-2)21(17,18)11-10-20-14-6-4-5-13(15)12-14/h3-6,12H,1,7-11,15H2,2H3. The lowest BCUT2D eigenvalue weighted by molar-refractivity contribution is 0.182. The third-order valence-electron chi connectivity index (χ3n) is 2.74. The van der Waals surface area contributed by atoms with E-state index in [2.05, 4.69) is 6.58 Å². The van der Waals surface area contributed by atoms with E-state index in [1.54, 1.807) is 19.3 Å². The second kappa shape index (κ2) is 9.09. The summed E-state index contributed by atoms with van der Waals surface area (Å²) in [6.07, 6.45) is 1.58. The van der Waals surface area contributed by atoms with Gasteiger partial charge >= 0.3 is 0 Å². The molecule has 7 heteroatoms. The van der Waals surface area contributed by atoms with Crippen LogP contribution in [0.3, 0.4) is 0 Å². The van der Waals surface area contributed by atoms with Crippen LogP contribution in [0, 0.1) is 0 Å². The van der Waals surface area contributed by atoms with Crippen molar-refractivity contribution in [3.63, 3.8) is 0 Å². The lowest BCUT2D eigenvalue weighted by Gasteiger charge is -2.20. The molecule has 2 N–H and O–H groups in total. The van der Waals surface area contributed by atoms with E-state index in [1.807, 2.05) is 18.2 Å². The van der Waals surface area contributed by atoms with Crippen LogP contribution in [0.4, 0.5) is 5.69 Å². The molecule has 1 rings (SSSR count). The quantitative estimate of drug-likeness (QED) is 0.402. The number of nitrogens with zero attached hydrogens (tertiary/aromatic N) is 1. The zero-order valence-electron chi connectivity index (χ0n) is 12.2. The number of nitrogen functional groups attached to an aromatic ring is 1. The van der Waals surface area contributed by atoms with Crippen LogP contribution in [0.1, 0.15) is 0 Å². The average Bonchev–Trinajstić information content (AvgIpc) is 2.43. The summed E-state index contributed by atoms with van der Waals surface area (Å²) in [5.41, 5.74) is 6.37. The largest absolute Gasteiger partial charge is 0.399 e. The number of hydrogen-bond acceptors (Lipinski definition) is 5. The summed E-state index contributed by atoms with van der Waals surface area (Å²) in [4.78, 5) is 0.970. The van der Waals surface area contributed by atoms with Crippen molar-refractivity contribution in [2.24, 2.45) is 0 Å². The van der Waals surface area contributed by atoms with Gasteiger partial charge in [0.15, 0.2) is 0 Å². The van der Waals surface area contributed by atoms with Gasteiger partial charge in [-0.25, -0.2) is 8.42 Å². The number of benzene rings is 1. The van der Waals surface area contributed by atoms with Gasteiger partial charge in [0.2, 0.25) is 10.0 Å². The van der Waals surface area contributed by atoms with Crippen LogP contribution in [0.25, 0.3) is 0 Å². The molecule has 0 amide bonds. The Morgan fingerprint density at radius 3 is 2.86 bits per heavy atom. The van der Waals surface area contributed by atoms with Crippen molar-refractivity contribution in [3.05, 3.63) is 36.9 Å². The molecule has 0 aromatic heterocycles. The van der Waals surface area contributed by atoms with Crippen molar-refractivity contribution in [2.45, 2.75) is 4.90 Å². The first-order chi connectivity index (χ1) is 9.99. The molecule has 0 spiro atoms. The molecule has 0 aliphatic heterocycles. The molecule has 0 heterocycles. The minimum Gasteiger partial charge on any atom is -0.399 e. The van der Waals surface area contributed by atoms with E-state index in [0.29, 0.717) is 31.1 Å². The first kappa shape index (κ1) is 18.0. The summed E-state index contributed by atoms with van der Waals surface area (Å²) in [6.45, 7) is 4.61. The molecule has 0 unspecified atom stereocenters. The Bertz CT molecular complexity index is 547. The molecular weight excluding hydrogens is 308 g/mol. The van der Waals surface area contributed by atoms with Crippen molar-refractivity contribution in [3.8, 4) is 0 Å². The number of rotatable bonds is 10. The highest BCUT2D eigenvalue weighted by Crippen LogP contribution is 2.20. The van der Waals surface area contributed by atoms with Gasteiger partial charge in [-0.05, 0) is 18.2 Å². The maximum absolute atomic E-state index is 12.3. The van der Waals surface area contributed by atoms with Gasteiger partial charge in [0, 0.05) is 36.5 Å². The van der Waals surface area contributed by atoms with Crippen molar-refractivity contribution in [2.75, 3.05) is 44.0 Å². The Labute approximate surface area is 131 Å². The lowest BCUT2D eigenvalue weighted by atomic mass is 10.3. The van der Waals surface area contributed by atoms with Gasteiger partial charge in [-0.15, -0.1) is 18.3 Å². The number of ether oxygens (including phenoxy) is 1. The van der Waals surface area contributed by atoms with Gasteiger partial charge in [-0.3, -0.25) is 0 Å². The van der Waals surface area contributed by atoms with E-state index in [-0.39, 0.29) is 5.75 Å². The zero-order valence-corrected chi connectivity index (χ0v) is 13.8. The third kappa shape index (κ3) is 6.52. The molecule has 0 fully saturated rings. The summed E-state index contributed by atoms with van der Waals surface area (Å²) in [6, 6.07) is 7.41. The zero-order chi connectivity index (χ0) is 15.7. The Kier molecular flexibility index (Phi) is 7.81. The Balaban J connectivity index is 2.55. The topological polar surface area (TPSA) is 72.6 Å². The Morgan fingerprint density at radius 2 is 2.24 bits per heavy atom. The van der Waals surface area contributed by atoms with Crippen molar-refractivity contribution in [1.29, 1.82) is 0 Å². The molecule has 21 heavy (non-hydrogen) atoms. The van der Waals surface area contributed by atoms with E-state index in [4.69, 9.17) is 10.5 Å². The summed E-state index contributed by atoms with van der Waals surface area (Å²) in [7, 11) is -1.76. The number of methoxy groups -OCH3 is 1. The van der Waals surface area contributed by atoms with Gasteiger partial charge in [-0.2, -0.15) is 4.31 Å². The summed E-state index contributed by atoms with van der Waals surface area (Å²) in [5, 5.41) is 0. The number of nitrogens with two attached hydrogens (primary N) is 1. The highest BCUT2D eigenvalue weighted by Gasteiger charge is 2.20. The van der Waals surface area contributed by atoms with Crippen LogP contribution >= 0.6 is 11.8 Å². The van der Waals surface area contributed by atoms with Gasteiger partial charge in [0.25, 0.3) is 0 Å². The first-order valence-corrected chi connectivity index (χ1v) is 9.15. The van der Waals surface area contributed by atoms with E-state index in [1.165, 1.54) is 16.1 Å². The van der Waals surface area contributed by atoms with Crippen LogP contribution < -0.4 is 5.73 Å². The van der Waals surface area contributed by atoms with Crippen molar-refractivity contribution >= 4 is 27.5 Å². The van der Waals surface area contributed by atoms with Crippen LogP contribution in [-0.4, -0.2) is 51.0 Å². The summed E-state index contributed by atoms with van der Waals surface area (Å²) < 4.78 is 30.9. The van der Waals surface area contributed by atoms with Gasteiger partial charge in [-0.1, -0.05) is 12.1 Å². The number of hydrogen-bond donors (Lipinski definition) is 1. The summed E-state index contributed by atoms with van der Waals surface area (Å²) in [5.74, 6) is 0.552. The molecule has 0 radical (unpaired) electrons.